The van der Waals surface area contributed by atoms with Crippen LogP contribution in [0.3, 0.4) is 0 Å². The molecule has 0 spiro atoms. The number of nitrogens with zero attached hydrogens (tertiary/aromatic N) is 4. The molecular weight excluding hydrogens is 282 g/mol. The van der Waals surface area contributed by atoms with Crippen molar-refractivity contribution >= 4 is 27.4 Å². The Morgan fingerprint density at radius 2 is 2.14 bits per heavy atom. The summed E-state index contributed by atoms with van der Waals surface area (Å²) in [5.41, 5.74) is 1.06. The van der Waals surface area contributed by atoms with E-state index in [9.17, 15) is 0 Å². The van der Waals surface area contributed by atoms with E-state index in [4.69, 9.17) is 0 Å². The fourth-order valence-electron chi connectivity index (χ4n) is 2.95. The van der Waals surface area contributed by atoms with Crippen molar-refractivity contribution in [2.75, 3.05) is 5.32 Å². The largest absolute Gasteiger partial charge is 0.364 e. The molecule has 6 heteroatoms. The number of nitrogens with one attached hydrogen (secondary N) is 1. The SMILES string of the molecule is c1nc(NCc2ccn(C3CCCC3)n2)c2ccsc2n1. The van der Waals surface area contributed by atoms with Crippen molar-refractivity contribution in [3.8, 4) is 0 Å². The molecular formula is C15H17N5S. The van der Waals surface area contributed by atoms with E-state index in [-0.39, 0.29) is 0 Å². The Morgan fingerprint density at radius 3 is 3.05 bits per heavy atom. The van der Waals surface area contributed by atoms with Crippen LogP contribution in [-0.2, 0) is 6.54 Å². The topological polar surface area (TPSA) is 55.6 Å². The molecule has 0 amide bonds. The molecule has 1 aliphatic rings. The number of aromatic nitrogens is 4. The highest BCUT2D eigenvalue weighted by Crippen LogP contribution is 2.29. The van der Waals surface area contributed by atoms with E-state index >= 15 is 0 Å². The number of fused-ring (bicyclic) bond motifs is 1. The summed E-state index contributed by atoms with van der Waals surface area (Å²) in [6, 6.07) is 4.75. The number of thiophene rings is 1. The van der Waals surface area contributed by atoms with E-state index in [0.717, 1.165) is 21.7 Å². The maximum absolute atomic E-state index is 4.69. The van der Waals surface area contributed by atoms with Gasteiger partial charge in [-0.25, -0.2) is 9.97 Å². The summed E-state index contributed by atoms with van der Waals surface area (Å²) in [5, 5.41) is 11.2. The molecule has 0 aromatic carbocycles. The average molecular weight is 299 g/mol. The van der Waals surface area contributed by atoms with Crippen LogP contribution in [0.4, 0.5) is 5.82 Å². The second-order valence-corrected chi connectivity index (χ2v) is 6.34. The molecule has 0 atom stereocenters. The van der Waals surface area contributed by atoms with Crippen LogP contribution in [0.1, 0.15) is 37.4 Å². The molecule has 108 valence electrons. The molecule has 0 aliphatic heterocycles. The number of rotatable bonds is 4. The van der Waals surface area contributed by atoms with Crippen molar-refractivity contribution in [3.63, 3.8) is 0 Å². The lowest BCUT2D eigenvalue weighted by atomic mass is 10.3. The quantitative estimate of drug-likeness (QED) is 0.799. The van der Waals surface area contributed by atoms with E-state index in [1.54, 1.807) is 17.7 Å². The zero-order chi connectivity index (χ0) is 14.1. The minimum Gasteiger partial charge on any atom is -0.364 e. The molecule has 3 aromatic heterocycles. The summed E-state index contributed by atoms with van der Waals surface area (Å²) in [5.74, 6) is 0.886. The Labute approximate surface area is 127 Å². The fourth-order valence-corrected chi connectivity index (χ4v) is 3.68. The number of anilines is 1. The third kappa shape index (κ3) is 2.51. The van der Waals surface area contributed by atoms with Gasteiger partial charge in [-0.2, -0.15) is 5.10 Å². The van der Waals surface area contributed by atoms with E-state index in [1.165, 1.54) is 25.7 Å². The second-order valence-electron chi connectivity index (χ2n) is 5.44. The van der Waals surface area contributed by atoms with Gasteiger partial charge in [-0.1, -0.05) is 12.8 Å². The normalized spacial score (nSPS) is 15.8. The average Bonchev–Trinajstić information content (AvgIpc) is 3.23. The van der Waals surface area contributed by atoms with Crippen LogP contribution in [-0.4, -0.2) is 19.7 Å². The molecule has 3 heterocycles. The molecule has 0 saturated heterocycles. The summed E-state index contributed by atoms with van der Waals surface area (Å²) in [7, 11) is 0. The van der Waals surface area contributed by atoms with Gasteiger partial charge in [0.15, 0.2) is 0 Å². The second kappa shape index (κ2) is 5.44. The van der Waals surface area contributed by atoms with Gasteiger partial charge in [0.1, 0.15) is 17.0 Å². The maximum Gasteiger partial charge on any atom is 0.138 e. The molecule has 0 bridgehead atoms. The third-order valence-corrected chi connectivity index (χ3v) is 4.88. The summed E-state index contributed by atoms with van der Waals surface area (Å²) in [6.45, 7) is 0.696. The maximum atomic E-state index is 4.69. The lowest BCUT2D eigenvalue weighted by molar-refractivity contribution is 0.463. The van der Waals surface area contributed by atoms with Crippen molar-refractivity contribution in [1.29, 1.82) is 0 Å². The fraction of sp³-hybridized carbons (Fsp3) is 0.400. The van der Waals surface area contributed by atoms with Crippen molar-refractivity contribution in [3.05, 3.63) is 35.7 Å². The molecule has 3 aromatic rings. The summed E-state index contributed by atoms with van der Waals surface area (Å²) in [6.07, 6.45) is 8.89. The first-order valence-corrected chi connectivity index (χ1v) is 8.24. The van der Waals surface area contributed by atoms with E-state index in [2.05, 4.69) is 43.4 Å². The standard InChI is InChI=1S/C15H17N5S/c1-2-4-12(3-1)20-7-5-11(19-20)9-16-14-13-6-8-21-15(13)18-10-17-14/h5-8,10,12H,1-4,9H2,(H,16,17,18). The Balaban J connectivity index is 1.48. The highest BCUT2D eigenvalue weighted by atomic mass is 32.1. The van der Waals surface area contributed by atoms with Crippen molar-refractivity contribution in [2.45, 2.75) is 38.3 Å². The predicted octanol–water partition coefficient (Wildman–Crippen LogP) is 3.62. The van der Waals surface area contributed by atoms with Gasteiger partial charge in [0, 0.05) is 6.20 Å². The zero-order valence-electron chi connectivity index (χ0n) is 11.7. The molecule has 5 nitrogen and oxygen atoms in total. The monoisotopic (exact) mass is 299 g/mol. The zero-order valence-corrected chi connectivity index (χ0v) is 12.5. The molecule has 0 unspecified atom stereocenters. The van der Waals surface area contributed by atoms with Gasteiger partial charge in [-0.15, -0.1) is 11.3 Å². The van der Waals surface area contributed by atoms with Crippen LogP contribution in [0.2, 0.25) is 0 Å². The third-order valence-electron chi connectivity index (χ3n) is 4.06. The predicted molar refractivity (Wildman–Crippen MR) is 84.5 cm³/mol. The summed E-state index contributed by atoms with van der Waals surface area (Å²) < 4.78 is 2.13. The lowest BCUT2D eigenvalue weighted by Crippen LogP contribution is -2.07. The van der Waals surface area contributed by atoms with Gasteiger partial charge in [0.2, 0.25) is 0 Å². The van der Waals surface area contributed by atoms with Gasteiger partial charge < -0.3 is 5.32 Å². The van der Waals surface area contributed by atoms with Crippen molar-refractivity contribution < 1.29 is 0 Å². The minimum atomic E-state index is 0.599. The van der Waals surface area contributed by atoms with Gasteiger partial charge in [-0.3, -0.25) is 4.68 Å². The smallest absolute Gasteiger partial charge is 0.138 e. The van der Waals surface area contributed by atoms with Crippen molar-refractivity contribution in [2.24, 2.45) is 0 Å². The van der Waals surface area contributed by atoms with Crippen LogP contribution in [0.5, 0.6) is 0 Å². The Hall–Kier alpha value is -1.95. The first kappa shape index (κ1) is 12.8. The van der Waals surface area contributed by atoms with Crippen LogP contribution in [0.25, 0.3) is 10.2 Å². The molecule has 1 saturated carbocycles. The minimum absolute atomic E-state index is 0.599. The number of hydrogen-bond donors (Lipinski definition) is 1. The molecule has 1 fully saturated rings. The van der Waals surface area contributed by atoms with E-state index in [1.807, 2.05) is 5.38 Å². The lowest BCUT2D eigenvalue weighted by Gasteiger charge is -2.09. The Kier molecular flexibility index (Phi) is 3.31. The van der Waals surface area contributed by atoms with E-state index in [0.29, 0.717) is 12.6 Å². The van der Waals surface area contributed by atoms with Gasteiger partial charge in [0.25, 0.3) is 0 Å². The molecule has 4 rings (SSSR count). The highest BCUT2D eigenvalue weighted by molar-refractivity contribution is 7.16. The molecule has 0 radical (unpaired) electrons. The first-order chi connectivity index (χ1) is 10.4. The molecule has 1 N–H and O–H groups in total. The molecule has 21 heavy (non-hydrogen) atoms. The van der Waals surface area contributed by atoms with Crippen molar-refractivity contribution in [1.82, 2.24) is 19.7 Å². The van der Waals surface area contributed by atoms with Gasteiger partial charge in [-0.05, 0) is 30.4 Å². The Bertz CT molecular complexity index is 741. The van der Waals surface area contributed by atoms with Gasteiger partial charge in [0.05, 0.1) is 23.7 Å². The highest BCUT2D eigenvalue weighted by Gasteiger charge is 2.17. The van der Waals surface area contributed by atoms with E-state index < -0.39 is 0 Å². The summed E-state index contributed by atoms with van der Waals surface area (Å²) >= 11 is 1.63. The summed E-state index contributed by atoms with van der Waals surface area (Å²) in [4.78, 5) is 9.61. The Morgan fingerprint density at radius 1 is 1.24 bits per heavy atom. The van der Waals surface area contributed by atoms with Crippen LogP contribution >= 0.6 is 11.3 Å². The first-order valence-electron chi connectivity index (χ1n) is 7.36. The van der Waals surface area contributed by atoms with Gasteiger partial charge >= 0.3 is 0 Å². The van der Waals surface area contributed by atoms with Crippen LogP contribution in [0, 0.1) is 0 Å². The van der Waals surface area contributed by atoms with Crippen LogP contribution < -0.4 is 5.32 Å². The van der Waals surface area contributed by atoms with Crippen LogP contribution in [0.15, 0.2) is 30.0 Å². The molecule has 1 aliphatic carbocycles. The number of hydrogen-bond acceptors (Lipinski definition) is 5.